The zero-order chi connectivity index (χ0) is 18.2. The molecular formula is C16H22F3N3O2S. The molecule has 9 heteroatoms. The second-order valence-electron chi connectivity index (χ2n) is 6.57. The van der Waals surface area contributed by atoms with Crippen LogP contribution in [0.25, 0.3) is 0 Å². The van der Waals surface area contributed by atoms with Crippen LogP contribution in [0.4, 0.5) is 13.2 Å². The zero-order valence-electron chi connectivity index (χ0n) is 14.0. The number of hydrogen-bond acceptors (Lipinski definition) is 4. The van der Waals surface area contributed by atoms with Gasteiger partial charge in [-0.1, -0.05) is 6.07 Å². The Morgan fingerprint density at radius 1 is 1.16 bits per heavy atom. The minimum atomic E-state index is -4.57. The van der Waals surface area contributed by atoms with Crippen LogP contribution in [0.5, 0.6) is 0 Å². The summed E-state index contributed by atoms with van der Waals surface area (Å²) in [6.07, 6.45) is -3.86. The normalized spacial score (nSPS) is 23.9. The Balaban J connectivity index is 1.80. The van der Waals surface area contributed by atoms with E-state index in [-0.39, 0.29) is 16.5 Å². The predicted molar refractivity (Wildman–Crippen MR) is 87.8 cm³/mol. The van der Waals surface area contributed by atoms with Gasteiger partial charge in [-0.05, 0) is 31.0 Å². The van der Waals surface area contributed by atoms with Gasteiger partial charge in [0.25, 0.3) is 0 Å². The number of halogens is 3. The number of rotatable bonds is 3. The van der Waals surface area contributed by atoms with Crippen LogP contribution in [0.1, 0.15) is 17.5 Å². The van der Waals surface area contributed by atoms with Gasteiger partial charge >= 0.3 is 6.18 Å². The summed E-state index contributed by atoms with van der Waals surface area (Å²) < 4.78 is 66.1. The summed E-state index contributed by atoms with van der Waals surface area (Å²) in [7, 11) is -3.92. The highest BCUT2D eigenvalue weighted by Crippen LogP contribution is 2.34. The molecule has 2 aliphatic heterocycles. The molecule has 1 aromatic rings. The lowest BCUT2D eigenvalue weighted by Crippen LogP contribution is -2.49. The largest absolute Gasteiger partial charge is 0.416 e. The van der Waals surface area contributed by atoms with Crippen LogP contribution < -0.4 is 5.32 Å². The van der Waals surface area contributed by atoms with Gasteiger partial charge in [-0.15, -0.1) is 0 Å². The lowest BCUT2D eigenvalue weighted by Gasteiger charge is -2.32. The van der Waals surface area contributed by atoms with Crippen LogP contribution in [-0.2, 0) is 16.2 Å². The van der Waals surface area contributed by atoms with E-state index in [9.17, 15) is 21.6 Å². The van der Waals surface area contributed by atoms with E-state index in [1.54, 1.807) is 0 Å². The number of benzene rings is 1. The molecule has 0 amide bonds. The van der Waals surface area contributed by atoms with E-state index in [4.69, 9.17) is 0 Å². The first-order valence-corrected chi connectivity index (χ1v) is 9.76. The van der Waals surface area contributed by atoms with Crippen LogP contribution in [-0.4, -0.2) is 62.9 Å². The van der Waals surface area contributed by atoms with Crippen molar-refractivity contribution < 1.29 is 21.6 Å². The Hall–Kier alpha value is -1.16. The van der Waals surface area contributed by atoms with Crippen molar-refractivity contribution in [2.24, 2.45) is 0 Å². The Labute approximate surface area is 145 Å². The molecule has 0 radical (unpaired) electrons. The third-order valence-corrected chi connectivity index (χ3v) is 6.81. The first-order valence-electron chi connectivity index (χ1n) is 8.32. The molecule has 1 aromatic carbocycles. The molecule has 0 saturated carbocycles. The van der Waals surface area contributed by atoms with E-state index in [1.807, 2.05) is 0 Å². The van der Waals surface area contributed by atoms with Gasteiger partial charge in [0.2, 0.25) is 10.0 Å². The molecule has 2 fully saturated rings. The topological polar surface area (TPSA) is 52.7 Å². The molecule has 0 spiro atoms. The lowest BCUT2D eigenvalue weighted by molar-refractivity contribution is -0.138. The summed E-state index contributed by atoms with van der Waals surface area (Å²) in [4.78, 5) is 1.97. The van der Waals surface area contributed by atoms with Crippen LogP contribution in [0.3, 0.4) is 0 Å². The summed E-state index contributed by atoms with van der Waals surface area (Å²) in [5.41, 5.74) is -0.877. The highest BCUT2D eigenvalue weighted by Gasteiger charge is 2.38. The molecule has 0 aromatic heterocycles. The van der Waals surface area contributed by atoms with E-state index in [2.05, 4.69) is 10.2 Å². The van der Waals surface area contributed by atoms with E-state index in [1.165, 1.54) is 23.4 Å². The number of nitrogens with zero attached hydrogens (tertiary/aromatic N) is 2. The predicted octanol–water partition coefficient (Wildman–Crippen LogP) is 1.68. The number of hydrogen-bond donors (Lipinski definition) is 1. The van der Waals surface area contributed by atoms with Crippen LogP contribution in [0.2, 0.25) is 0 Å². The van der Waals surface area contributed by atoms with Gasteiger partial charge in [-0.3, -0.25) is 4.90 Å². The van der Waals surface area contributed by atoms with Gasteiger partial charge in [-0.2, -0.15) is 17.5 Å². The van der Waals surface area contributed by atoms with Crippen LogP contribution in [0.15, 0.2) is 23.1 Å². The number of alkyl halides is 3. The molecule has 0 aliphatic carbocycles. The van der Waals surface area contributed by atoms with E-state index >= 15 is 0 Å². The molecule has 2 heterocycles. The summed E-state index contributed by atoms with van der Waals surface area (Å²) in [6, 6.07) is 3.37. The smallest absolute Gasteiger partial charge is 0.314 e. The van der Waals surface area contributed by atoms with Crippen molar-refractivity contribution in [3.8, 4) is 0 Å². The monoisotopic (exact) mass is 377 g/mol. The van der Waals surface area contributed by atoms with Crippen molar-refractivity contribution >= 4 is 10.0 Å². The van der Waals surface area contributed by atoms with Crippen molar-refractivity contribution in [2.45, 2.75) is 30.5 Å². The quantitative estimate of drug-likeness (QED) is 0.871. The summed E-state index contributed by atoms with van der Waals surface area (Å²) in [5.74, 6) is 0. The van der Waals surface area contributed by atoms with Crippen LogP contribution >= 0.6 is 0 Å². The molecule has 0 bridgehead atoms. The lowest BCUT2D eigenvalue weighted by atomic mass is 10.1. The Bertz CT molecular complexity index is 731. The molecule has 1 unspecified atom stereocenters. The van der Waals surface area contributed by atoms with Gasteiger partial charge in [-0.25, -0.2) is 8.42 Å². The molecule has 2 aliphatic rings. The first-order chi connectivity index (χ1) is 11.7. The minimum absolute atomic E-state index is 0.0200. The summed E-state index contributed by atoms with van der Waals surface area (Å²) in [6.45, 7) is 5.47. The van der Waals surface area contributed by atoms with Gasteiger partial charge in [0, 0.05) is 45.3 Å². The second-order valence-corrected chi connectivity index (χ2v) is 8.50. The van der Waals surface area contributed by atoms with Crippen molar-refractivity contribution in [2.75, 3.05) is 39.3 Å². The molecular weight excluding hydrogens is 355 g/mol. The number of nitrogens with one attached hydrogen (secondary N) is 1. The second kappa shape index (κ2) is 6.86. The summed E-state index contributed by atoms with van der Waals surface area (Å²) >= 11 is 0. The maximum absolute atomic E-state index is 13.1. The Morgan fingerprint density at radius 3 is 2.48 bits per heavy atom. The number of sulfonamides is 1. The fourth-order valence-electron chi connectivity index (χ4n) is 3.49. The molecule has 25 heavy (non-hydrogen) atoms. The third-order valence-electron chi connectivity index (χ3n) is 4.95. The highest BCUT2D eigenvalue weighted by molar-refractivity contribution is 7.89. The maximum atomic E-state index is 13.1. The number of aryl methyl sites for hydroxylation is 1. The summed E-state index contributed by atoms with van der Waals surface area (Å²) in [5, 5.41) is 3.25. The molecule has 140 valence electrons. The third kappa shape index (κ3) is 3.84. The van der Waals surface area contributed by atoms with Crippen molar-refractivity contribution in [3.05, 3.63) is 29.3 Å². The maximum Gasteiger partial charge on any atom is 0.416 e. The van der Waals surface area contributed by atoms with Gasteiger partial charge < -0.3 is 5.32 Å². The van der Waals surface area contributed by atoms with Gasteiger partial charge in [0.1, 0.15) is 0 Å². The van der Waals surface area contributed by atoms with E-state index < -0.39 is 21.8 Å². The number of piperazine rings is 1. The van der Waals surface area contributed by atoms with E-state index in [0.29, 0.717) is 19.5 Å². The SMILES string of the molecule is Cc1ccc(S(=O)(=O)N2CCC(N3CCNCC3)C2)cc1C(F)(F)F. The average Bonchev–Trinajstić information content (AvgIpc) is 3.05. The average molecular weight is 377 g/mol. The Kier molecular flexibility index (Phi) is 5.11. The van der Waals surface area contributed by atoms with Crippen LogP contribution in [0, 0.1) is 6.92 Å². The van der Waals surface area contributed by atoms with Crippen molar-refractivity contribution in [1.82, 2.24) is 14.5 Å². The highest BCUT2D eigenvalue weighted by atomic mass is 32.2. The molecule has 3 rings (SSSR count). The van der Waals surface area contributed by atoms with Gasteiger partial charge in [0.15, 0.2) is 0 Å². The fraction of sp³-hybridized carbons (Fsp3) is 0.625. The van der Waals surface area contributed by atoms with E-state index in [0.717, 1.165) is 32.2 Å². The minimum Gasteiger partial charge on any atom is -0.314 e. The standard InChI is InChI=1S/C16H22F3N3O2S/c1-12-2-3-14(10-15(12)16(17,18)19)25(23,24)22-7-4-13(11-22)21-8-5-20-6-9-21/h2-3,10,13,20H,4-9,11H2,1H3. The van der Waals surface area contributed by atoms with Gasteiger partial charge in [0.05, 0.1) is 10.5 Å². The molecule has 1 atom stereocenters. The molecule has 1 N–H and O–H groups in total. The molecule has 5 nitrogen and oxygen atoms in total. The zero-order valence-corrected chi connectivity index (χ0v) is 14.8. The Morgan fingerprint density at radius 2 is 1.84 bits per heavy atom. The molecule has 2 saturated heterocycles. The van der Waals surface area contributed by atoms with Crippen molar-refractivity contribution in [1.29, 1.82) is 0 Å². The van der Waals surface area contributed by atoms with Crippen molar-refractivity contribution in [3.63, 3.8) is 0 Å². The fourth-order valence-corrected chi connectivity index (χ4v) is 5.01. The first kappa shape index (κ1) is 18.6.